The third kappa shape index (κ3) is 3.10. The lowest BCUT2D eigenvalue weighted by molar-refractivity contribution is 0.178. The van der Waals surface area contributed by atoms with Gasteiger partial charge in [-0.3, -0.25) is 0 Å². The first kappa shape index (κ1) is 13.5. The van der Waals surface area contributed by atoms with E-state index >= 15 is 0 Å². The van der Waals surface area contributed by atoms with E-state index < -0.39 is 6.10 Å². The zero-order valence-electron chi connectivity index (χ0n) is 9.41. The van der Waals surface area contributed by atoms with E-state index in [0.717, 1.165) is 11.1 Å². The molecule has 94 valence electrons. The smallest absolute Gasteiger partial charge is 0.137 e. The van der Waals surface area contributed by atoms with Crippen LogP contribution in [0.15, 0.2) is 46.9 Å². The van der Waals surface area contributed by atoms with Crippen molar-refractivity contribution in [1.29, 1.82) is 0 Å². The van der Waals surface area contributed by atoms with E-state index in [0.29, 0.717) is 15.9 Å². The van der Waals surface area contributed by atoms with Gasteiger partial charge in [0.05, 0.1) is 10.6 Å². The van der Waals surface area contributed by atoms with Crippen LogP contribution < -0.4 is 0 Å². The molecule has 4 heteroatoms. The van der Waals surface area contributed by atoms with Gasteiger partial charge in [-0.05, 0) is 45.3 Å². The molecule has 0 aliphatic heterocycles. The van der Waals surface area contributed by atoms with E-state index in [9.17, 15) is 9.50 Å². The third-order valence-electron chi connectivity index (χ3n) is 2.68. The second-order valence-corrected chi connectivity index (χ2v) is 5.22. The van der Waals surface area contributed by atoms with E-state index in [-0.39, 0.29) is 5.82 Å². The van der Waals surface area contributed by atoms with Crippen molar-refractivity contribution in [3.63, 3.8) is 0 Å². The number of benzene rings is 2. The van der Waals surface area contributed by atoms with E-state index in [1.165, 1.54) is 6.07 Å². The Morgan fingerprint density at radius 2 is 1.94 bits per heavy atom. The van der Waals surface area contributed by atoms with Crippen LogP contribution in [0.1, 0.15) is 17.2 Å². The topological polar surface area (TPSA) is 20.2 Å². The lowest BCUT2D eigenvalue weighted by atomic mass is 10.0. The predicted molar refractivity (Wildman–Crippen MR) is 74.2 cm³/mol. The zero-order valence-corrected chi connectivity index (χ0v) is 11.7. The van der Waals surface area contributed by atoms with Gasteiger partial charge in [-0.2, -0.15) is 0 Å². The summed E-state index contributed by atoms with van der Waals surface area (Å²) in [4.78, 5) is 0. The van der Waals surface area contributed by atoms with Gasteiger partial charge in [0, 0.05) is 11.4 Å². The van der Waals surface area contributed by atoms with E-state index in [1.54, 1.807) is 36.4 Å². The summed E-state index contributed by atoms with van der Waals surface area (Å²) in [6.45, 7) is 0. The van der Waals surface area contributed by atoms with E-state index in [2.05, 4.69) is 15.9 Å². The van der Waals surface area contributed by atoms with Crippen LogP contribution in [0.3, 0.4) is 0 Å². The quantitative estimate of drug-likeness (QED) is 0.878. The Hall–Kier alpha value is -0.900. The molecule has 1 nitrogen and oxygen atoms in total. The fraction of sp³-hybridized carbons (Fsp3) is 0.143. The number of hydrogen-bond donors (Lipinski definition) is 1. The molecule has 0 fully saturated rings. The third-order valence-corrected chi connectivity index (χ3v) is 3.80. The summed E-state index contributed by atoms with van der Waals surface area (Å²) in [6, 6.07) is 11.8. The number of rotatable bonds is 3. The Balaban J connectivity index is 2.21. The maximum absolute atomic E-state index is 13.3. The maximum Gasteiger partial charge on any atom is 0.137 e. The Morgan fingerprint density at radius 3 is 2.67 bits per heavy atom. The number of aliphatic hydroxyl groups excluding tert-OH is 1. The largest absolute Gasteiger partial charge is 0.388 e. The second kappa shape index (κ2) is 5.83. The Kier molecular flexibility index (Phi) is 4.38. The maximum atomic E-state index is 13.3. The monoisotopic (exact) mass is 328 g/mol. The summed E-state index contributed by atoms with van der Waals surface area (Å²) in [5.74, 6) is -0.328. The molecule has 1 N–H and O–H groups in total. The molecule has 0 saturated heterocycles. The fourth-order valence-corrected chi connectivity index (χ4v) is 2.37. The van der Waals surface area contributed by atoms with Gasteiger partial charge < -0.3 is 5.11 Å². The van der Waals surface area contributed by atoms with Crippen molar-refractivity contribution in [2.24, 2.45) is 0 Å². The van der Waals surface area contributed by atoms with Gasteiger partial charge in [-0.1, -0.05) is 35.9 Å². The average molecular weight is 330 g/mol. The number of hydrogen-bond acceptors (Lipinski definition) is 1. The molecule has 0 aliphatic rings. The van der Waals surface area contributed by atoms with Crippen LogP contribution in [-0.2, 0) is 6.42 Å². The molecule has 0 bridgehead atoms. The van der Waals surface area contributed by atoms with Crippen molar-refractivity contribution in [2.45, 2.75) is 12.5 Å². The Morgan fingerprint density at radius 1 is 1.22 bits per heavy atom. The summed E-state index contributed by atoms with van der Waals surface area (Å²) in [6.07, 6.45) is -0.375. The molecule has 0 spiro atoms. The van der Waals surface area contributed by atoms with Crippen molar-refractivity contribution < 1.29 is 9.50 Å². The predicted octanol–water partition coefficient (Wildman–Crippen LogP) is 4.52. The van der Waals surface area contributed by atoms with Crippen LogP contribution in [0.25, 0.3) is 0 Å². The Bertz CT molecular complexity index is 559. The minimum Gasteiger partial charge on any atom is -0.388 e. The van der Waals surface area contributed by atoms with E-state index in [4.69, 9.17) is 11.6 Å². The Labute approximate surface area is 118 Å². The summed E-state index contributed by atoms with van der Waals surface area (Å²) in [5, 5.41) is 10.7. The van der Waals surface area contributed by atoms with E-state index in [1.807, 2.05) is 0 Å². The van der Waals surface area contributed by atoms with Crippen molar-refractivity contribution in [2.75, 3.05) is 0 Å². The molecule has 0 aromatic heterocycles. The van der Waals surface area contributed by atoms with Gasteiger partial charge in [0.1, 0.15) is 5.82 Å². The lowest BCUT2D eigenvalue weighted by Gasteiger charge is -2.13. The van der Waals surface area contributed by atoms with Crippen LogP contribution in [0.5, 0.6) is 0 Å². The first-order chi connectivity index (χ1) is 8.58. The highest BCUT2D eigenvalue weighted by atomic mass is 79.9. The molecule has 0 heterocycles. The van der Waals surface area contributed by atoms with Crippen LogP contribution in [-0.4, -0.2) is 5.11 Å². The van der Waals surface area contributed by atoms with Gasteiger partial charge in [0.15, 0.2) is 0 Å². The van der Waals surface area contributed by atoms with Crippen molar-refractivity contribution in [3.05, 3.63) is 68.9 Å². The molecular weight excluding hydrogens is 319 g/mol. The molecule has 0 aliphatic carbocycles. The number of aliphatic hydroxyl groups is 1. The number of halogens is 3. The van der Waals surface area contributed by atoms with Crippen molar-refractivity contribution in [1.82, 2.24) is 0 Å². The van der Waals surface area contributed by atoms with Crippen LogP contribution >= 0.6 is 27.5 Å². The molecule has 1 unspecified atom stereocenters. The fourth-order valence-electron chi connectivity index (χ4n) is 1.75. The summed E-state index contributed by atoms with van der Waals surface area (Å²) in [5.41, 5.74) is 1.45. The normalized spacial score (nSPS) is 12.4. The summed E-state index contributed by atoms with van der Waals surface area (Å²) in [7, 11) is 0. The minimum absolute atomic E-state index is 0.328. The lowest BCUT2D eigenvalue weighted by Crippen LogP contribution is -2.03. The second-order valence-electron chi connectivity index (χ2n) is 3.99. The highest BCUT2D eigenvalue weighted by Crippen LogP contribution is 2.26. The molecule has 18 heavy (non-hydrogen) atoms. The van der Waals surface area contributed by atoms with Gasteiger partial charge in [0.25, 0.3) is 0 Å². The highest BCUT2D eigenvalue weighted by Gasteiger charge is 2.12. The van der Waals surface area contributed by atoms with Crippen LogP contribution in [0.2, 0.25) is 5.02 Å². The summed E-state index contributed by atoms with van der Waals surface area (Å²) >= 11 is 9.05. The molecule has 0 amide bonds. The average Bonchev–Trinajstić information content (AvgIpc) is 2.35. The standard InChI is InChI=1S/C14H11BrClFO/c15-14-10(4-2-6-12(14)17)8-13(18)9-3-1-5-11(16)7-9/h1-7,13,18H,8H2. The van der Waals surface area contributed by atoms with Crippen molar-refractivity contribution in [3.8, 4) is 0 Å². The van der Waals surface area contributed by atoms with Gasteiger partial charge in [-0.15, -0.1) is 0 Å². The highest BCUT2D eigenvalue weighted by molar-refractivity contribution is 9.10. The molecule has 0 radical (unpaired) electrons. The zero-order chi connectivity index (χ0) is 13.1. The van der Waals surface area contributed by atoms with Gasteiger partial charge >= 0.3 is 0 Å². The molecule has 0 saturated carbocycles. The molecule has 2 aromatic carbocycles. The minimum atomic E-state index is -0.707. The first-order valence-corrected chi connectivity index (χ1v) is 6.61. The van der Waals surface area contributed by atoms with Crippen LogP contribution in [0.4, 0.5) is 4.39 Å². The molecule has 2 aromatic rings. The van der Waals surface area contributed by atoms with Crippen LogP contribution in [0, 0.1) is 5.82 Å². The van der Waals surface area contributed by atoms with Gasteiger partial charge in [0.2, 0.25) is 0 Å². The molecule has 2 rings (SSSR count). The summed E-state index contributed by atoms with van der Waals surface area (Å²) < 4.78 is 13.7. The molecular formula is C14H11BrClFO. The van der Waals surface area contributed by atoms with Gasteiger partial charge in [-0.25, -0.2) is 4.39 Å². The van der Waals surface area contributed by atoms with Crippen molar-refractivity contribution >= 4 is 27.5 Å². The molecule has 1 atom stereocenters. The SMILES string of the molecule is OC(Cc1cccc(F)c1Br)c1cccc(Cl)c1. The first-order valence-electron chi connectivity index (χ1n) is 5.44.